The lowest BCUT2D eigenvalue weighted by Gasteiger charge is -2.38. The molecule has 4 nitrogen and oxygen atoms in total. The maximum Gasteiger partial charge on any atom is 0.338 e. The monoisotopic (exact) mass is 355 g/mol. The fourth-order valence-electron chi connectivity index (χ4n) is 5.34. The molecule has 26 heavy (non-hydrogen) atoms. The fraction of sp³-hybridized carbons (Fsp3) is 0.636. The van der Waals surface area contributed by atoms with Gasteiger partial charge in [-0.3, -0.25) is 4.79 Å². The molecular weight excluding hydrogens is 326 g/mol. The van der Waals surface area contributed by atoms with Crippen molar-refractivity contribution in [2.45, 2.75) is 65.5 Å². The molecule has 2 saturated carbocycles. The summed E-state index contributed by atoms with van der Waals surface area (Å²) in [5.74, 6) is 0.662. The summed E-state index contributed by atoms with van der Waals surface area (Å²) in [6.07, 6.45) is 5.01. The van der Waals surface area contributed by atoms with Gasteiger partial charge in [-0.05, 0) is 54.7 Å². The second-order valence-electron chi connectivity index (χ2n) is 9.12. The Bertz CT molecular complexity index is 723. The van der Waals surface area contributed by atoms with Gasteiger partial charge in [0.1, 0.15) is 6.10 Å². The van der Waals surface area contributed by atoms with Gasteiger partial charge >= 0.3 is 5.97 Å². The Morgan fingerprint density at radius 2 is 1.96 bits per heavy atom. The Balaban J connectivity index is 1.40. The van der Waals surface area contributed by atoms with E-state index in [1.807, 2.05) is 29.2 Å². The first-order valence-corrected chi connectivity index (χ1v) is 9.89. The predicted octanol–water partition coefficient (Wildman–Crippen LogP) is 4.18. The molecule has 3 aliphatic rings. The molecule has 3 fully saturated rings. The molecule has 2 aliphatic carbocycles. The Kier molecular flexibility index (Phi) is 4.13. The Hall–Kier alpha value is -1.84. The smallest absolute Gasteiger partial charge is 0.338 e. The summed E-state index contributed by atoms with van der Waals surface area (Å²) < 4.78 is 5.96. The SMILES string of the molecule is CC1(C)[C@H]2CC[C@@]1(C)[C@@H](OC(=O)c1ccc(CN3CCCC3=O)cc1)C2. The van der Waals surface area contributed by atoms with Crippen molar-refractivity contribution in [2.75, 3.05) is 6.54 Å². The molecule has 0 N–H and O–H groups in total. The number of fused-ring (bicyclic) bond motifs is 2. The molecule has 3 atom stereocenters. The van der Waals surface area contributed by atoms with Gasteiger partial charge in [0, 0.05) is 24.9 Å². The molecule has 0 spiro atoms. The molecule has 140 valence electrons. The number of esters is 1. The first-order valence-electron chi connectivity index (χ1n) is 9.89. The van der Waals surface area contributed by atoms with E-state index in [1.54, 1.807) is 0 Å². The van der Waals surface area contributed by atoms with Crippen LogP contribution in [0.15, 0.2) is 24.3 Å². The van der Waals surface area contributed by atoms with Crippen molar-refractivity contribution < 1.29 is 14.3 Å². The summed E-state index contributed by atoms with van der Waals surface area (Å²) in [5, 5.41) is 0. The van der Waals surface area contributed by atoms with Crippen molar-refractivity contribution in [1.29, 1.82) is 0 Å². The topological polar surface area (TPSA) is 46.6 Å². The second-order valence-corrected chi connectivity index (χ2v) is 9.12. The molecule has 1 aromatic rings. The molecule has 1 amide bonds. The summed E-state index contributed by atoms with van der Waals surface area (Å²) in [5.41, 5.74) is 1.99. The highest BCUT2D eigenvalue weighted by molar-refractivity contribution is 5.89. The van der Waals surface area contributed by atoms with Crippen molar-refractivity contribution in [3.8, 4) is 0 Å². The summed E-state index contributed by atoms with van der Waals surface area (Å²) in [4.78, 5) is 26.3. The summed E-state index contributed by atoms with van der Waals surface area (Å²) in [7, 11) is 0. The predicted molar refractivity (Wildman–Crippen MR) is 99.5 cm³/mol. The van der Waals surface area contributed by atoms with E-state index in [9.17, 15) is 9.59 Å². The van der Waals surface area contributed by atoms with Gasteiger partial charge in [0.05, 0.1) is 5.56 Å². The third kappa shape index (κ3) is 2.65. The molecule has 1 heterocycles. The lowest BCUT2D eigenvalue weighted by molar-refractivity contribution is -0.128. The normalized spacial score (nSPS) is 32.3. The molecule has 1 aromatic carbocycles. The van der Waals surface area contributed by atoms with Crippen molar-refractivity contribution in [1.82, 2.24) is 4.90 Å². The zero-order valence-electron chi connectivity index (χ0n) is 16.1. The van der Waals surface area contributed by atoms with Crippen molar-refractivity contribution in [3.05, 3.63) is 35.4 Å². The van der Waals surface area contributed by atoms with E-state index in [-0.39, 0.29) is 28.8 Å². The zero-order valence-corrected chi connectivity index (χ0v) is 16.1. The highest BCUT2D eigenvalue weighted by Gasteiger charge is 2.62. The van der Waals surface area contributed by atoms with Gasteiger partial charge < -0.3 is 9.64 Å². The average Bonchev–Trinajstić information content (AvgIpc) is 3.16. The maximum absolute atomic E-state index is 12.7. The average molecular weight is 355 g/mol. The highest BCUT2D eigenvalue weighted by Crippen LogP contribution is 2.66. The molecular formula is C22H29NO3. The van der Waals surface area contributed by atoms with E-state index in [1.165, 1.54) is 6.42 Å². The molecule has 4 heteroatoms. The van der Waals surface area contributed by atoms with E-state index in [0.717, 1.165) is 31.4 Å². The quantitative estimate of drug-likeness (QED) is 0.761. The maximum atomic E-state index is 12.7. The van der Waals surface area contributed by atoms with E-state index >= 15 is 0 Å². The van der Waals surface area contributed by atoms with E-state index in [0.29, 0.717) is 24.4 Å². The van der Waals surface area contributed by atoms with Crippen LogP contribution in [0.25, 0.3) is 0 Å². The number of likely N-dealkylation sites (tertiary alicyclic amines) is 1. The number of hydrogen-bond donors (Lipinski definition) is 0. The molecule has 1 aliphatic heterocycles. The molecule has 2 bridgehead atoms. The molecule has 1 saturated heterocycles. The van der Waals surface area contributed by atoms with Crippen LogP contribution in [0, 0.1) is 16.7 Å². The molecule has 0 unspecified atom stereocenters. The largest absolute Gasteiger partial charge is 0.458 e. The molecule has 4 rings (SSSR count). The molecule has 0 radical (unpaired) electrons. The minimum atomic E-state index is -0.219. The summed E-state index contributed by atoms with van der Waals surface area (Å²) >= 11 is 0. The number of nitrogens with zero attached hydrogens (tertiary/aromatic N) is 1. The van der Waals surface area contributed by atoms with Crippen LogP contribution in [0.2, 0.25) is 0 Å². The van der Waals surface area contributed by atoms with Gasteiger partial charge in [0.25, 0.3) is 0 Å². The number of carbonyl (C=O) groups excluding carboxylic acids is 2. The van der Waals surface area contributed by atoms with Crippen molar-refractivity contribution in [2.24, 2.45) is 16.7 Å². The highest BCUT2D eigenvalue weighted by atomic mass is 16.5. The lowest BCUT2D eigenvalue weighted by atomic mass is 9.70. The van der Waals surface area contributed by atoms with Crippen LogP contribution < -0.4 is 0 Å². The van der Waals surface area contributed by atoms with Crippen LogP contribution >= 0.6 is 0 Å². The standard InChI is InChI=1S/C22H29NO3/c1-21(2)17-10-11-22(21,3)18(13-17)26-20(25)16-8-6-15(7-9-16)14-23-12-4-5-19(23)24/h6-9,17-18H,4-5,10-14H2,1-3H3/t17-,18-,22-/m0/s1. The van der Waals surface area contributed by atoms with Gasteiger partial charge in [-0.2, -0.15) is 0 Å². The van der Waals surface area contributed by atoms with Crippen LogP contribution in [-0.2, 0) is 16.1 Å². The van der Waals surface area contributed by atoms with Crippen LogP contribution in [0.3, 0.4) is 0 Å². The van der Waals surface area contributed by atoms with Crippen LogP contribution in [-0.4, -0.2) is 29.4 Å². The third-order valence-electron chi connectivity index (χ3n) is 7.70. The Labute approximate surface area is 155 Å². The van der Waals surface area contributed by atoms with E-state index in [2.05, 4.69) is 20.8 Å². The number of ether oxygens (including phenoxy) is 1. The summed E-state index contributed by atoms with van der Waals surface area (Å²) in [6.45, 7) is 8.40. The number of rotatable bonds is 4. The van der Waals surface area contributed by atoms with Gasteiger partial charge in [-0.1, -0.05) is 32.9 Å². The molecule has 0 aromatic heterocycles. The number of carbonyl (C=O) groups is 2. The van der Waals surface area contributed by atoms with Gasteiger partial charge in [0.15, 0.2) is 0 Å². The Morgan fingerprint density at radius 3 is 2.50 bits per heavy atom. The zero-order chi connectivity index (χ0) is 18.5. The fourth-order valence-corrected chi connectivity index (χ4v) is 5.34. The first-order chi connectivity index (χ1) is 12.3. The minimum absolute atomic E-state index is 0.0191. The van der Waals surface area contributed by atoms with Crippen LogP contribution in [0.4, 0.5) is 0 Å². The third-order valence-corrected chi connectivity index (χ3v) is 7.70. The number of benzene rings is 1. The number of hydrogen-bond acceptors (Lipinski definition) is 3. The van der Waals surface area contributed by atoms with Crippen LogP contribution in [0.1, 0.15) is 68.8 Å². The van der Waals surface area contributed by atoms with E-state index < -0.39 is 0 Å². The van der Waals surface area contributed by atoms with Crippen LogP contribution in [0.5, 0.6) is 0 Å². The van der Waals surface area contributed by atoms with Gasteiger partial charge in [-0.25, -0.2) is 4.79 Å². The minimum Gasteiger partial charge on any atom is -0.458 e. The van der Waals surface area contributed by atoms with Crippen molar-refractivity contribution in [3.63, 3.8) is 0 Å². The van der Waals surface area contributed by atoms with E-state index in [4.69, 9.17) is 4.74 Å². The first kappa shape index (κ1) is 17.6. The van der Waals surface area contributed by atoms with Gasteiger partial charge in [-0.15, -0.1) is 0 Å². The Morgan fingerprint density at radius 1 is 1.23 bits per heavy atom. The second kappa shape index (κ2) is 6.11. The lowest BCUT2D eigenvalue weighted by Crippen LogP contribution is -2.38. The van der Waals surface area contributed by atoms with Crippen molar-refractivity contribution >= 4 is 11.9 Å². The van der Waals surface area contributed by atoms with Gasteiger partial charge in [0.2, 0.25) is 5.91 Å². The number of amides is 1. The summed E-state index contributed by atoms with van der Waals surface area (Å²) in [6, 6.07) is 7.54.